The molecule has 0 spiro atoms. The van der Waals surface area contributed by atoms with Crippen molar-refractivity contribution in [2.45, 2.75) is 20.1 Å². The van der Waals surface area contributed by atoms with Gasteiger partial charge < -0.3 is 9.30 Å². The number of tetrazole rings is 1. The van der Waals surface area contributed by atoms with Crippen LogP contribution in [-0.2, 0) is 17.7 Å². The SMILES string of the molecule is CCn1nnnc1COc1ccc(P(C)(C)=O)cc1. The molecule has 0 fully saturated rings. The van der Waals surface area contributed by atoms with Gasteiger partial charge in [-0.2, -0.15) is 0 Å². The lowest BCUT2D eigenvalue weighted by molar-refractivity contribution is 0.287. The van der Waals surface area contributed by atoms with Gasteiger partial charge in [0.2, 0.25) is 0 Å². The summed E-state index contributed by atoms with van der Waals surface area (Å²) < 4.78 is 19.2. The molecule has 0 aliphatic heterocycles. The van der Waals surface area contributed by atoms with Crippen LogP contribution in [0.15, 0.2) is 24.3 Å². The molecule has 102 valence electrons. The minimum Gasteiger partial charge on any atom is -0.486 e. The molecule has 1 heterocycles. The molecule has 2 rings (SSSR count). The first-order valence-electron chi connectivity index (χ1n) is 6.04. The third-order valence-corrected chi connectivity index (χ3v) is 4.27. The normalized spacial score (nSPS) is 11.5. The fourth-order valence-corrected chi connectivity index (χ4v) is 2.49. The van der Waals surface area contributed by atoms with Crippen molar-refractivity contribution < 1.29 is 9.30 Å². The van der Waals surface area contributed by atoms with Gasteiger partial charge in [-0.1, -0.05) is 0 Å². The van der Waals surface area contributed by atoms with Crippen LogP contribution in [0.25, 0.3) is 0 Å². The van der Waals surface area contributed by atoms with E-state index in [4.69, 9.17) is 4.74 Å². The Labute approximate surface area is 112 Å². The van der Waals surface area contributed by atoms with Gasteiger partial charge in [0.1, 0.15) is 19.5 Å². The van der Waals surface area contributed by atoms with Gasteiger partial charge in [0, 0.05) is 11.8 Å². The van der Waals surface area contributed by atoms with Crippen molar-refractivity contribution in [3.8, 4) is 5.75 Å². The van der Waals surface area contributed by atoms with Crippen molar-refractivity contribution in [2.24, 2.45) is 0 Å². The van der Waals surface area contributed by atoms with Gasteiger partial charge in [-0.15, -0.1) is 5.10 Å². The Hall–Kier alpha value is -1.68. The standard InChI is InChI=1S/C12H17N4O2P/c1-4-16-12(13-14-15-16)9-18-10-5-7-11(8-6-10)19(2,3)17/h5-8H,4,9H2,1-3H3. The summed E-state index contributed by atoms with van der Waals surface area (Å²) in [6, 6.07) is 7.29. The third-order valence-electron chi connectivity index (χ3n) is 2.73. The Morgan fingerprint density at radius 3 is 2.53 bits per heavy atom. The van der Waals surface area contributed by atoms with Crippen LogP contribution in [0, 0.1) is 0 Å². The van der Waals surface area contributed by atoms with Crippen molar-refractivity contribution in [1.29, 1.82) is 0 Å². The van der Waals surface area contributed by atoms with Crippen molar-refractivity contribution >= 4 is 12.4 Å². The number of aryl methyl sites for hydroxylation is 1. The first-order chi connectivity index (χ1) is 9.00. The summed E-state index contributed by atoms with van der Waals surface area (Å²) in [5, 5.41) is 12.2. The Bertz CT molecular complexity index is 588. The zero-order chi connectivity index (χ0) is 13.9. The molecule has 1 aromatic carbocycles. The quantitative estimate of drug-likeness (QED) is 0.777. The second-order valence-corrected chi connectivity index (χ2v) is 7.76. The van der Waals surface area contributed by atoms with Gasteiger partial charge >= 0.3 is 0 Å². The molecule has 0 bridgehead atoms. The highest BCUT2D eigenvalue weighted by atomic mass is 31.2. The molecule has 2 aromatic rings. The summed E-state index contributed by atoms with van der Waals surface area (Å²) in [4.78, 5) is 0. The molecule has 0 saturated heterocycles. The highest BCUT2D eigenvalue weighted by Crippen LogP contribution is 2.34. The number of aromatic nitrogens is 4. The predicted molar refractivity (Wildman–Crippen MR) is 73.4 cm³/mol. The van der Waals surface area contributed by atoms with Crippen LogP contribution in [0.1, 0.15) is 12.7 Å². The van der Waals surface area contributed by atoms with Gasteiger partial charge in [-0.3, -0.25) is 0 Å². The number of hydrogen-bond acceptors (Lipinski definition) is 5. The fourth-order valence-electron chi connectivity index (χ4n) is 1.62. The number of benzene rings is 1. The van der Waals surface area contributed by atoms with Gasteiger partial charge in [0.05, 0.1) is 0 Å². The van der Waals surface area contributed by atoms with E-state index in [1.54, 1.807) is 18.0 Å². The topological polar surface area (TPSA) is 69.9 Å². The first kappa shape index (κ1) is 13.7. The van der Waals surface area contributed by atoms with Gasteiger partial charge in [0.15, 0.2) is 5.82 Å². The molecule has 0 amide bonds. The number of nitrogens with zero attached hydrogens (tertiary/aromatic N) is 4. The van der Waals surface area contributed by atoms with Gasteiger partial charge in [0.25, 0.3) is 0 Å². The highest BCUT2D eigenvalue weighted by molar-refractivity contribution is 7.70. The summed E-state index contributed by atoms with van der Waals surface area (Å²) in [7, 11) is -2.21. The Balaban J connectivity index is 2.03. The molecule has 0 unspecified atom stereocenters. The molecule has 6 nitrogen and oxygen atoms in total. The van der Waals surface area contributed by atoms with E-state index in [2.05, 4.69) is 15.5 Å². The van der Waals surface area contributed by atoms with Gasteiger partial charge in [-0.25, -0.2) is 4.68 Å². The molecular weight excluding hydrogens is 263 g/mol. The van der Waals surface area contributed by atoms with Crippen molar-refractivity contribution in [3.05, 3.63) is 30.1 Å². The molecular formula is C12H17N4O2P. The van der Waals surface area contributed by atoms with Crippen LogP contribution in [0.4, 0.5) is 0 Å². The van der Waals surface area contributed by atoms with Crippen molar-refractivity contribution in [2.75, 3.05) is 13.3 Å². The number of rotatable bonds is 5. The van der Waals surface area contributed by atoms with E-state index < -0.39 is 7.14 Å². The molecule has 0 aliphatic rings. The Morgan fingerprint density at radius 2 is 1.95 bits per heavy atom. The number of ether oxygens (including phenoxy) is 1. The summed E-state index contributed by atoms with van der Waals surface area (Å²) in [5.74, 6) is 1.39. The molecule has 1 aromatic heterocycles. The smallest absolute Gasteiger partial charge is 0.189 e. The van der Waals surface area contributed by atoms with E-state index in [1.807, 2.05) is 31.2 Å². The zero-order valence-electron chi connectivity index (χ0n) is 11.3. The van der Waals surface area contributed by atoms with Crippen LogP contribution in [0.3, 0.4) is 0 Å². The molecule has 0 N–H and O–H groups in total. The summed E-state index contributed by atoms with van der Waals surface area (Å²) in [6.45, 7) is 6.49. The largest absolute Gasteiger partial charge is 0.486 e. The van der Waals surface area contributed by atoms with Crippen LogP contribution >= 0.6 is 7.14 Å². The van der Waals surface area contributed by atoms with Crippen molar-refractivity contribution in [1.82, 2.24) is 20.2 Å². The second-order valence-electron chi connectivity index (χ2n) is 4.54. The average Bonchev–Trinajstić information content (AvgIpc) is 2.83. The van der Waals surface area contributed by atoms with E-state index >= 15 is 0 Å². The maximum absolute atomic E-state index is 11.9. The third kappa shape index (κ3) is 3.41. The molecule has 0 radical (unpaired) electrons. The van der Waals surface area contributed by atoms with Crippen molar-refractivity contribution in [3.63, 3.8) is 0 Å². The molecule has 7 heteroatoms. The molecule has 0 saturated carbocycles. The summed E-state index contributed by atoms with van der Waals surface area (Å²) >= 11 is 0. The van der Waals surface area contributed by atoms with Crippen LogP contribution in [-0.4, -0.2) is 33.5 Å². The second kappa shape index (κ2) is 5.53. The fraction of sp³-hybridized carbons (Fsp3) is 0.417. The van der Waals surface area contributed by atoms with Gasteiger partial charge in [-0.05, 0) is 54.9 Å². The minimum atomic E-state index is -2.21. The van der Waals surface area contributed by atoms with E-state index in [-0.39, 0.29) is 0 Å². The Kier molecular flexibility index (Phi) is 4.00. The monoisotopic (exact) mass is 280 g/mol. The average molecular weight is 280 g/mol. The summed E-state index contributed by atoms with van der Waals surface area (Å²) in [6.07, 6.45) is 0. The lowest BCUT2D eigenvalue weighted by Gasteiger charge is -2.09. The van der Waals surface area contributed by atoms with Crippen LogP contribution < -0.4 is 10.0 Å². The van der Waals surface area contributed by atoms with E-state index in [9.17, 15) is 4.57 Å². The van der Waals surface area contributed by atoms with Crippen LogP contribution in [0.5, 0.6) is 5.75 Å². The summed E-state index contributed by atoms with van der Waals surface area (Å²) in [5.41, 5.74) is 0. The number of hydrogen-bond donors (Lipinski definition) is 0. The minimum absolute atomic E-state index is 0.316. The van der Waals surface area contributed by atoms with E-state index in [0.29, 0.717) is 24.7 Å². The molecule has 0 aliphatic carbocycles. The predicted octanol–water partition coefficient (Wildman–Crippen LogP) is 1.52. The molecule has 0 atom stereocenters. The highest BCUT2D eigenvalue weighted by Gasteiger charge is 2.11. The lowest BCUT2D eigenvalue weighted by Crippen LogP contribution is -2.08. The lowest BCUT2D eigenvalue weighted by atomic mass is 10.3. The van der Waals surface area contributed by atoms with E-state index in [1.165, 1.54) is 0 Å². The maximum Gasteiger partial charge on any atom is 0.189 e. The van der Waals surface area contributed by atoms with Crippen LogP contribution in [0.2, 0.25) is 0 Å². The zero-order valence-corrected chi connectivity index (χ0v) is 12.2. The van der Waals surface area contributed by atoms with E-state index in [0.717, 1.165) is 5.30 Å². The maximum atomic E-state index is 11.9. The first-order valence-corrected chi connectivity index (χ1v) is 8.64. The Morgan fingerprint density at radius 1 is 1.26 bits per heavy atom. The molecule has 19 heavy (non-hydrogen) atoms.